The Labute approximate surface area is 81.1 Å². The number of carboxylic acids is 1. The molecule has 4 heteroatoms. The molecule has 1 aromatic rings. The van der Waals surface area contributed by atoms with Crippen LogP contribution in [0.15, 0.2) is 18.2 Å². The van der Waals surface area contributed by atoms with Gasteiger partial charge < -0.3 is 10.8 Å². The van der Waals surface area contributed by atoms with Crippen molar-refractivity contribution in [3.05, 3.63) is 34.3 Å². The van der Waals surface area contributed by atoms with Gasteiger partial charge in [0.1, 0.15) is 0 Å². The summed E-state index contributed by atoms with van der Waals surface area (Å²) >= 11 is 5.74. The van der Waals surface area contributed by atoms with Gasteiger partial charge in [-0.15, -0.1) is 0 Å². The van der Waals surface area contributed by atoms with Crippen molar-refractivity contribution in [2.75, 3.05) is 6.54 Å². The number of hydrogen-bond acceptors (Lipinski definition) is 2. The second kappa shape index (κ2) is 4.25. The van der Waals surface area contributed by atoms with E-state index in [-0.39, 0.29) is 10.6 Å². The zero-order valence-corrected chi connectivity index (χ0v) is 7.71. The number of hydrogen-bond donors (Lipinski definition) is 2. The molecule has 0 saturated heterocycles. The summed E-state index contributed by atoms with van der Waals surface area (Å²) in [7, 11) is 0. The van der Waals surface area contributed by atoms with Crippen LogP contribution in [-0.4, -0.2) is 17.6 Å². The molecule has 70 valence electrons. The van der Waals surface area contributed by atoms with E-state index >= 15 is 0 Å². The van der Waals surface area contributed by atoms with Gasteiger partial charge in [0.05, 0.1) is 10.6 Å². The fourth-order valence-corrected chi connectivity index (χ4v) is 1.34. The van der Waals surface area contributed by atoms with Crippen molar-refractivity contribution in [2.45, 2.75) is 6.42 Å². The van der Waals surface area contributed by atoms with Gasteiger partial charge in [0.15, 0.2) is 0 Å². The summed E-state index contributed by atoms with van der Waals surface area (Å²) in [5, 5.41) is 8.94. The maximum atomic E-state index is 10.6. The molecule has 3 N–H and O–H groups in total. The SMILES string of the molecule is NCCc1ccc(C(=O)O)c(Cl)c1. The molecule has 0 fully saturated rings. The monoisotopic (exact) mass is 199 g/mol. The number of carbonyl (C=O) groups is 1. The Morgan fingerprint density at radius 3 is 2.69 bits per heavy atom. The Balaban J connectivity index is 2.98. The lowest BCUT2D eigenvalue weighted by molar-refractivity contribution is 0.0697. The maximum absolute atomic E-state index is 10.6. The third-order valence-corrected chi connectivity index (χ3v) is 2.01. The normalized spacial score (nSPS) is 10.0. The van der Waals surface area contributed by atoms with Gasteiger partial charge in [0.25, 0.3) is 0 Å². The van der Waals surface area contributed by atoms with Crippen LogP contribution in [-0.2, 0) is 6.42 Å². The minimum absolute atomic E-state index is 0.127. The number of aromatic carboxylic acids is 1. The van der Waals surface area contributed by atoms with E-state index in [4.69, 9.17) is 22.4 Å². The molecule has 0 saturated carbocycles. The van der Waals surface area contributed by atoms with Gasteiger partial charge in [-0.25, -0.2) is 4.79 Å². The van der Waals surface area contributed by atoms with Crippen LogP contribution in [0, 0.1) is 0 Å². The van der Waals surface area contributed by atoms with Crippen LogP contribution in [0.5, 0.6) is 0 Å². The van der Waals surface area contributed by atoms with Crippen molar-refractivity contribution in [3.8, 4) is 0 Å². The van der Waals surface area contributed by atoms with E-state index < -0.39 is 5.97 Å². The summed E-state index contributed by atoms with van der Waals surface area (Å²) in [5.41, 5.74) is 6.43. The van der Waals surface area contributed by atoms with Crippen LogP contribution >= 0.6 is 11.6 Å². The zero-order chi connectivity index (χ0) is 9.84. The third kappa shape index (κ3) is 2.44. The molecule has 0 aliphatic carbocycles. The molecule has 1 aromatic carbocycles. The first-order valence-electron chi connectivity index (χ1n) is 3.87. The second-order valence-electron chi connectivity index (χ2n) is 2.66. The fraction of sp³-hybridized carbons (Fsp3) is 0.222. The predicted molar refractivity (Wildman–Crippen MR) is 51.2 cm³/mol. The minimum atomic E-state index is -1.01. The number of halogens is 1. The highest BCUT2D eigenvalue weighted by molar-refractivity contribution is 6.33. The van der Waals surface area contributed by atoms with Crippen molar-refractivity contribution >= 4 is 17.6 Å². The highest BCUT2D eigenvalue weighted by Gasteiger charge is 2.07. The first-order valence-corrected chi connectivity index (χ1v) is 4.24. The standard InChI is InChI=1S/C9H10ClNO2/c10-8-5-6(3-4-11)1-2-7(8)9(12)13/h1-2,5H,3-4,11H2,(H,12,13). The van der Waals surface area contributed by atoms with Crippen molar-refractivity contribution < 1.29 is 9.90 Å². The summed E-state index contributed by atoms with van der Waals surface area (Å²) in [4.78, 5) is 10.6. The summed E-state index contributed by atoms with van der Waals surface area (Å²) in [6.07, 6.45) is 0.708. The Morgan fingerprint density at radius 2 is 2.23 bits per heavy atom. The van der Waals surface area contributed by atoms with Gasteiger partial charge >= 0.3 is 5.97 Å². The minimum Gasteiger partial charge on any atom is -0.478 e. The quantitative estimate of drug-likeness (QED) is 0.776. The highest BCUT2D eigenvalue weighted by Crippen LogP contribution is 2.17. The van der Waals surface area contributed by atoms with Crippen LogP contribution < -0.4 is 5.73 Å². The van der Waals surface area contributed by atoms with Crippen LogP contribution in [0.4, 0.5) is 0 Å². The average molecular weight is 200 g/mol. The summed E-state index contributed by atoms with van der Waals surface area (Å²) < 4.78 is 0. The lowest BCUT2D eigenvalue weighted by atomic mass is 10.1. The van der Waals surface area contributed by atoms with Crippen molar-refractivity contribution in [1.29, 1.82) is 0 Å². The van der Waals surface area contributed by atoms with E-state index in [0.29, 0.717) is 13.0 Å². The lowest BCUT2D eigenvalue weighted by Crippen LogP contribution is -2.04. The third-order valence-electron chi connectivity index (χ3n) is 1.70. The topological polar surface area (TPSA) is 63.3 Å². The maximum Gasteiger partial charge on any atom is 0.337 e. The van der Waals surface area contributed by atoms with Gasteiger partial charge in [-0.3, -0.25) is 0 Å². The number of carboxylic acid groups (broad SMARTS) is 1. The van der Waals surface area contributed by atoms with Gasteiger partial charge in [-0.05, 0) is 30.7 Å². The Morgan fingerprint density at radius 1 is 1.54 bits per heavy atom. The molecule has 0 radical (unpaired) electrons. The molecule has 0 unspecified atom stereocenters. The second-order valence-corrected chi connectivity index (χ2v) is 3.07. The Hall–Kier alpha value is -1.06. The average Bonchev–Trinajstić information content (AvgIpc) is 2.04. The van der Waals surface area contributed by atoms with Gasteiger partial charge in [0, 0.05) is 0 Å². The van der Waals surface area contributed by atoms with E-state index in [1.807, 2.05) is 0 Å². The van der Waals surface area contributed by atoms with Crippen LogP contribution in [0.1, 0.15) is 15.9 Å². The van der Waals surface area contributed by atoms with E-state index in [0.717, 1.165) is 5.56 Å². The smallest absolute Gasteiger partial charge is 0.337 e. The lowest BCUT2D eigenvalue weighted by Gasteiger charge is -2.02. The van der Waals surface area contributed by atoms with Crippen molar-refractivity contribution in [2.24, 2.45) is 5.73 Å². The first kappa shape index (κ1) is 10.0. The summed E-state index contributed by atoms with van der Waals surface area (Å²) in [6, 6.07) is 4.86. The van der Waals surface area contributed by atoms with Crippen molar-refractivity contribution in [1.82, 2.24) is 0 Å². The predicted octanol–water partition coefficient (Wildman–Crippen LogP) is 1.54. The van der Waals surface area contributed by atoms with E-state index in [1.165, 1.54) is 6.07 Å². The van der Waals surface area contributed by atoms with E-state index in [1.54, 1.807) is 12.1 Å². The highest BCUT2D eigenvalue weighted by atomic mass is 35.5. The molecule has 0 spiro atoms. The van der Waals surface area contributed by atoms with Crippen LogP contribution in [0.3, 0.4) is 0 Å². The fourth-order valence-electron chi connectivity index (χ4n) is 1.05. The van der Waals surface area contributed by atoms with Crippen LogP contribution in [0.25, 0.3) is 0 Å². The molecule has 0 bridgehead atoms. The summed E-state index contributed by atoms with van der Waals surface area (Å²) in [6.45, 7) is 0.531. The van der Waals surface area contributed by atoms with E-state index in [9.17, 15) is 4.79 Å². The molecule has 13 heavy (non-hydrogen) atoms. The molecule has 0 atom stereocenters. The van der Waals surface area contributed by atoms with Gasteiger partial charge in [-0.1, -0.05) is 17.7 Å². The Kier molecular flexibility index (Phi) is 3.28. The largest absolute Gasteiger partial charge is 0.478 e. The zero-order valence-electron chi connectivity index (χ0n) is 6.96. The van der Waals surface area contributed by atoms with Gasteiger partial charge in [0.2, 0.25) is 0 Å². The molecule has 1 rings (SSSR count). The molecule has 0 aliphatic rings. The first-order chi connectivity index (χ1) is 6.15. The van der Waals surface area contributed by atoms with Gasteiger partial charge in [-0.2, -0.15) is 0 Å². The molecule has 0 amide bonds. The molecular weight excluding hydrogens is 190 g/mol. The molecule has 0 aliphatic heterocycles. The van der Waals surface area contributed by atoms with Crippen LogP contribution in [0.2, 0.25) is 5.02 Å². The number of nitrogens with two attached hydrogens (primary N) is 1. The molecule has 3 nitrogen and oxygen atoms in total. The molecule has 0 heterocycles. The van der Waals surface area contributed by atoms with E-state index in [2.05, 4.69) is 0 Å². The Bertz CT molecular complexity index is 325. The van der Waals surface area contributed by atoms with Crippen molar-refractivity contribution in [3.63, 3.8) is 0 Å². The molecule has 0 aromatic heterocycles. The summed E-state index contributed by atoms with van der Waals surface area (Å²) in [5.74, 6) is -1.01. The number of rotatable bonds is 3. The number of benzene rings is 1. The molecular formula is C9H10ClNO2.